The molecule has 0 bridgehead atoms. The lowest BCUT2D eigenvalue weighted by Gasteiger charge is -2.24. The maximum Gasteiger partial charge on any atom is 0.163 e. The Morgan fingerprint density at radius 3 is 2.29 bits per heavy atom. The molecular formula is C19H22N4O. The summed E-state index contributed by atoms with van der Waals surface area (Å²) in [5.41, 5.74) is 2.18. The van der Waals surface area contributed by atoms with Crippen LogP contribution in [-0.4, -0.2) is 33.0 Å². The van der Waals surface area contributed by atoms with Crippen molar-refractivity contribution in [3.05, 3.63) is 66.5 Å². The fourth-order valence-corrected chi connectivity index (χ4v) is 2.71. The van der Waals surface area contributed by atoms with Gasteiger partial charge in [0.25, 0.3) is 0 Å². The maximum atomic E-state index is 9.18. The van der Waals surface area contributed by atoms with Crippen LogP contribution in [0.1, 0.15) is 12.2 Å². The zero-order chi connectivity index (χ0) is 16.8. The van der Waals surface area contributed by atoms with Crippen molar-refractivity contribution in [1.82, 2.24) is 14.8 Å². The molecule has 0 fully saturated rings. The number of hydrogen-bond acceptors (Lipinski definition) is 4. The topological polar surface area (TPSA) is 54.2 Å². The lowest BCUT2D eigenvalue weighted by Crippen LogP contribution is -2.26. The highest BCUT2D eigenvalue weighted by atomic mass is 16.3. The first-order chi connectivity index (χ1) is 11.8. The van der Waals surface area contributed by atoms with Gasteiger partial charge in [0.05, 0.1) is 6.54 Å². The van der Waals surface area contributed by atoms with Crippen LogP contribution in [0.25, 0.3) is 11.4 Å². The fraction of sp³-hybridized carbons (Fsp3) is 0.263. The van der Waals surface area contributed by atoms with Crippen LogP contribution < -0.4 is 4.90 Å². The van der Waals surface area contributed by atoms with Gasteiger partial charge in [-0.3, -0.25) is 0 Å². The first kappa shape index (κ1) is 16.2. The molecule has 0 spiro atoms. The summed E-state index contributed by atoms with van der Waals surface area (Å²) >= 11 is 0. The number of para-hydroxylation sites is 1. The van der Waals surface area contributed by atoms with E-state index in [0.717, 1.165) is 35.9 Å². The van der Waals surface area contributed by atoms with Gasteiger partial charge >= 0.3 is 0 Å². The summed E-state index contributed by atoms with van der Waals surface area (Å²) in [6.45, 7) is 1.60. The van der Waals surface area contributed by atoms with Crippen molar-refractivity contribution in [2.24, 2.45) is 7.05 Å². The molecule has 1 heterocycles. The molecule has 2 aromatic carbocycles. The molecule has 0 aliphatic rings. The molecule has 0 radical (unpaired) electrons. The van der Waals surface area contributed by atoms with Gasteiger partial charge < -0.3 is 14.6 Å². The van der Waals surface area contributed by atoms with E-state index in [-0.39, 0.29) is 6.61 Å². The summed E-state index contributed by atoms with van der Waals surface area (Å²) in [7, 11) is 1.99. The van der Waals surface area contributed by atoms with Gasteiger partial charge in [0.2, 0.25) is 0 Å². The standard InChI is InChI=1S/C19H22N4O/c1-22-18(20-21-19(22)16-9-4-2-5-10-16)15-23(13-8-14-24)17-11-6-3-7-12-17/h2-7,9-12,24H,8,13-15H2,1H3. The van der Waals surface area contributed by atoms with Crippen molar-refractivity contribution < 1.29 is 5.11 Å². The third kappa shape index (κ3) is 3.63. The fourth-order valence-electron chi connectivity index (χ4n) is 2.71. The second-order valence-electron chi connectivity index (χ2n) is 5.70. The van der Waals surface area contributed by atoms with Gasteiger partial charge in [-0.25, -0.2) is 0 Å². The second-order valence-corrected chi connectivity index (χ2v) is 5.70. The molecule has 0 saturated heterocycles. The molecule has 5 nitrogen and oxygen atoms in total. The minimum Gasteiger partial charge on any atom is -0.396 e. The Morgan fingerprint density at radius 1 is 0.958 bits per heavy atom. The van der Waals surface area contributed by atoms with E-state index in [0.29, 0.717) is 6.54 Å². The molecule has 0 unspecified atom stereocenters. The van der Waals surface area contributed by atoms with Crippen molar-refractivity contribution >= 4 is 5.69 Å². The minimum atomic E-state index is 0.178. The Bertz CT molecular complexity index is 756. The van der Waals surface area contributed by atoms with Gasteiger partial charge in [0.15, 0.2) is 11.6 Å². The van der Waals surface area contributed by atoms with E-state index in [1.54, 1.807) is 0 Å². The van der Waals surface area contributed by atoms with Crippen LogP contribution in [0.3, 0.4) is 0 Å². The van der Waals surface area contributed by atoms with Crippen LogP contribution in [0.5, 0.6) is 0 Å². The zero-order valence-electron chi connectivity index (χ0n) is 13.8. The van der Waals surface area contributed by atoms with E-state index < -0.39 is 0 Å². The summed E-state index contributed by atoms with van der Waals surface area (Å²) in [5, 5.41) is 17.9. The summed E-state index contributed by atoms with van der Waals surface area (Å²) < 4.78 is 2.03. The number of aliphatic hydroxyl groups excluding tert-OH is 1. The highest BCUT2D eigenvalue weighted by Crippen LogP contribution is 2.20. The van der Waals surface area contributed by atoms with Gasteiger partial charge in [-0.15, -0.1) is 10.2 Å². The normalized spacial score (nSPS) is 10.8. The number of anilines is 1. The molecule has 0 aliphatic carbocycles. The lowest BCUT2D eigenvalue weighted by atomic mass is 10.2. The number of nitrogens with zero attached hydrogens (tertiary/aromatic N) is 4. The Labute approximate surface area is 142 Å². The Kier molecular flexibility index (Phi) is 5.23. The first-order valence-electron chi connectivity index (χ1n) is 8.14. The predicted molar refractivity (Wildman–Crippen MR) is 95.6 cm³/mol. The van der Waals surface area contributed by atoms with Crippen LogP contribution in [0.2, 0.25) is 0 Å². The molecule has 124 valence electrons. The molecule has 0 aliphatic heterocycles. The van der Waals surface area contributed by atoms with Crippen molar-refractivity contribution in [3.63, 3.8) is 0 Å². The minimum absolute atomic E-state index is 0.178. The monoisotopic (exact) mass is 322 g/mol. The van der Waals surface area contributed by atoms with E-state index >= 15 is 0 Å². The first-order valence-corrected chi connectivity index (χ1v) is 8.14. The van der Waals surface area contributed by atoms with E-state index in [2.05, 4.69) is 27.2 Å². The molecule has 1 N–H and O–H groups in total. The lowest BCUT2D eigenvalue weighted by molar-refractivity contribution is 0.289. The summed E-state index contributed by atoms with van der Waals surface area (Å²) in [4.78, 5) is 2.22. The highest BCUT2D eigenvalue weighted by molar-refractivity contribution is 5.55. The van der Waals surface area contributed by atoms with Crippen molar-refractivity contribution in [2.75, 3.05) is 18.1 Å². The average molecular weight is 322 g/mol. The third-order valence-electron chi connectivity index (χ3n) is 4.04. The number of benzene rings is 2. The molecule has 3 rings (SSSR count). The maximum absolute atomic E-state index is 9.18. The van der Waals surface area contributed by atoms with E-state index in [1.165, 1.54) is 0 Å². The van der Waals surface area contributed by atoms with Crippen LogP contribution in [0.15, 0.2) is 60.7 Å². The molecular weight excluding hydrogens is 300 g/mol. The van der Waals surface area contributed by atoms with Crippen LogP contribution >= 0.6 is 0 Å². The Morgan fingerprint density at radius 2 is 1.62 bits per heavy atom. The number of aromatic nitrogens is 3. The van der Waals surface area contributed by atoms with Crippen molar-refractivity contribution in [1.29, 1.82) is 0 Å². The van der Waals surface area contributed by atoms with Crippen LogP contribution in [0.4, 0.5) is 5.69 Å². The van der Waals surface area contributed by atoms with Gasteiger partial charge in [0.1, 0.15) is 0 Å². The largest absolute Gasteiger partial charge is 0.396 e. The van der Waals surface area contributed by atoms with Crippen LogP contribution in [-0.2, 0) is 13.6 Å². The molecule has 0 atom stereocenters. The average Bonchev–Trinajstić information content (AvgIpc) is 3.00. The SMILES string of the molecule is Cn1c(CN(CCCO)c2ccccc2)nnc1-c1ccccc1. The molecule has 0 saturated carbocycles. The molecule has 24 heavy (non-hydrogen) atoms. The quantitative estimate of drug-likeness (QED) is 0.727. The van der Waals surface area contributed by atoms with Crippen molar-refractivity contribution in [2.45, 2.75) is 13.0 Å². The highest BCUT2D eigenvalue weighted by Gasteiger charge is 2.14. The summed E-state index contributed by atoms with van der Waals surface area (Å²) in [6, 6.07) is 20.3. The van der Waals surface area contributed by atoms with Crippen LogP contribution in [0, 0.1) is 0 Å². The predicted octanol–water partition coefficient (Wildman–Crippen LogP) is 2.87. The number of aliphatic hydroxyl groups is 1. The van der Waals surface area contributed by atoms with Gasteiger partial charge in [-0.05, 0) is 18.6 Å². The molecule has 1 aromatic heterocycles. The van der Waals surface area contributed by atoms with Gasteiger partial charge in [-0.2, -0.15) is 0 Å². The van der Waals surface area contributed by atoms with Gasteiger partial charge in [0, 0.05) is 31.5 Å². The molecule has 3 aromatic rings. The Balaban J connectivity index is 1.84. The molecule has 0 amide bonds. The Hall–Kier alpha value is -2.66. The molecule has 5 heteroatoms. The zero-order valence-corrected chi connectivity index (χ0v) is 13.8. The second kappa shape index (κ2) is 7.75. The van der Waals surface area contributed by atoms with E-state index in [9.17, 15) is 5.11 Å². The van der Waals surface area contributed by atoms with Crippen molar-refractivity contribution in [3.8, 4) is 11.4 Å². The number of hydrogen-bond donors (Lipinski definition) is 1. The van der Waals surface area contributed by atoms with E-state index in [1.807, 2.05) is 60.1 Å². The third-order valence-corrected chi connectivity index (χ3v) is 4.04. The van der Waals surface area contributed by atoms with E-state index in [4.69, 9.17) is 0 Å². The summed E-state index contributed by atoms with van der Waals surface area (Å²) in [6.07, 6.45) is 0.721. The smallest absolute Gasteiger partial charge is 0.163 e. The number of rotatable bonds is 7. The van der Waals surface area contributed by atoms with Gasteiger partial charge in [-0.1, -0.05) is 48.5 Å². The summed E-state index contributed by atoms with van der Waals surface area (Å²) in [5.74, 6) is 1.76.